The Hall–Kier alpha value is -1.82. The summed E-state index contributed by atoms with van der Waals surface area (Å²) in [6.07, 6.45) is -0.243. The lowest BCUT2D eigenvalue weighted by Gasteiger charge is -2.25. The number of rotatable bonds is 5. The number of carbonyl (C=O) groups excluding carboxylic acids is 3. The maximum atomic E-state index is 12.9. The molecule has 0 aromatic carbocycles. The lowest BCUT2D eigenvalue weighted by Crippen LogP contribution is -2.41. The topological polar surface area (TPSA) is 136 Å². The van der Waals surface area contributed by atoms with Gasteiger partial charge in [0, 0.05) is 11.8 Å². The van der Waals surface area contributed by atoms with Crippen LogP contribution < -0.4 is 0 Å². The highest BCUT2D eigenvalue weighted by molar-refractivity contribution is 7.87. The summed E-state index contributed by atoms with van der Waals surface area (Å²) < 4.78 is 70.5. The average Bonchev–Trinajstić information content (AvgIpc) is 3.08. The van der Waals surface area contributed by atoms with Crippen molar-refractivity contribution in [3.05, 3.63) is 0 Å². The molecule has 5 atom stereocenters. The largest absolute Gasteiger partial charge is 0.743 e. The monoisotopic (exact) mass is 369 g/mol. The van der Waals surface area contributed by atoms with Gasteiger partial charge in [0.25, 0.3) is 0 Å². The molecule has 1 aliphatic heterocycles. The molecule has 1 heterocycles. The van der Waals surface area contributed by atoms with Gasteiger partial charge in [0.05, 0.1) is 5.92 Å². The van der Waals surface area contributed by atoms with E-state index >= 15 is 0 Å². The molecule has 0 amide bonds. The van der Waals surface area contributed by atoms with E-state index in [4.69, 9.17) is 9.47 Å². The van der Waals surface area contributed by atoms with Crippen LogP contribution in [-0.2, 0) is 38.7 Å². The van der Waals surface area contributed by atoms with Crippen molar-refractivity contribution in [3.8, 4) is 0 Å². The molecule has 0 N–H and O–H groups in total. The Kier molecular flexibility index (Phi) is 3.79. The molecular weight excluding hydrogens is 358 g/mol. The van der Waals surface area contributed by atoms with E-state index in [1.54, 1.807) is 0 Å². The number of carbonyl (C=O) groups is 3. The Morgan fingerprint density at radius 2 is 2.00 bits per heavy atom. The lowest BCUT2D eigenvalue weighted by molar-refractivity contribution is -0.175. The van der Waals surface area contributed by atoms with E-state index in [2.05, 4.69) is 4.74 Å². The van der Waals surface area contributed by atoms with Crippen LogP contribution in [0.4, 0.5) is 8.78 Å². The van der Waals surface area contributed by atoms with Crippen molar-refractivity contribution in [1.29, 1.82) is 0 Å². The van der Waals surface area contributed by atoms with Gasteiger partial charge in [0.1, 0.15) is 12.2 Å². The van der Waals surface area contributed by atoms with Crippen LogP contribution in [-0.4, -0.2) is 54.9 Å². The zero-order valence-corrected chi connectivity index (χ0v) is 12.7. The van der Waals surface area contributed by atoms with E-state index in [0.29, 0.717) is 12.8 Å². The van der Waals surface area contributed by atoms with Crippen molar-refractivity contribution in [2.45, 2.75) is 30.3 Å². The number of halogens is 2. The summed E-state index contributed by atoms with van der Waals surface area (Å²) in [6, 6.07) is 0. The van der Waals surface area contributed by atoms with Gasteiger partial charge in [0.2, 0.25) is 0 Å². The summed E-state index contributed by atoms with van der Waals surface area (Å²) >= 11 is 0. The van der Waals surface area contributed by atoms with Crippen LogP contribution in [0.25, 0.3) is 0 Å². The molecule has 0 radical (unpaired) electrons. The van der Waals surface area contributed by atoms with E-state index in [0.717, 1.165) is 0 Å². The van der Waals surface area contributed by atoms with E-state index in [1.807, 2.05) is 0 Å². The molecule has 12 heteroatoms. The predicted octanol–water partition coefficient (Wildman–Crippen LogP) is -0.839. The molecule has 3 aliphatic rings. The summed E-state index contributed by atoms with van der Waals surface area (Å²) in [5.41, 5.74) is 0. The van der Waals surface area contributed by atoms with Crippen molar-refractivity contribution < 1.29 is 50.3 Å². The molecule has 134 valence electrons. The number of hydrogen-bond donors (Lipinski definition) is 0. The van der Waals surface area contributed by atoms with E-state index in [9.17, 15) is 36.1 Å². The number of hydrogen-bond acceptors (Lipinski definition) is 9. The zero-order valence-electron chi connectivity index (χ0n) is 11.8. The average molecular weight is 369 g/mol. The minimum Gasteiger partial charge on any atom is -0.743 e. The number of alkyl halides is 2. The smallest absolute Gasteiger partial charge is 0.428 e. The molecule has 2 bridgehead atoms. The minimum atomic E-state index is -6.26. The molecule has 9 nitrogen and oxygen atoms in total. The number of fused-ring (bicyclic) bond motifs is 1. The normalized spacial score (nSPS) is 34.1. The molecule has 0 spiro atoms. The number of ether oxygens (including phenoxy) is 3. The van der Waals surface area contributed by atoms with E-state index in [1.165, 1.54) is 0 Å². The van der Waals surface area contributed by atoms with Gasteiger partial charge in [-0.1, -0.05) is 0 Å². The molecule has 3 rings (SSSR count). The first kappa shape index (κ1) is 17.0. The molecule has 0 aromatic heterocycles. The van der Waals surface area contributed by atoms with Crippen LogP contribution in [0.1, 0.15) is 12.8 Å². The van der Waals surface area contributed by atoms with Gasteiger partial charge in [-0.05, 0) is 12.8 Å². The summed E-state index contributed by atoms with van der Waals surface area (Å²) in [5, 5.41) is -5.30. The maximum Gasteiger partial charge on any atom is 0.428 e. The Balaban J connectivity index is 1.54. The van der Waals surface area contributed by atoms with Crippen molar-refractivity contribution in [3.63, 3.8) is 0 Å². The molecule has 3 fully saturated rings. The fourth-order valence-electron chi connectivity index (χ4n) is 3.56. The van der Waals surface area contributed by atoms with Crippen molar-refractivity contribution in [1.82, 2.24) is 0 Å². The quantitative estimate of drug-likeness (QED) is 0.345. The second kappa shape index (κ2) is 5.34. The maximum absolute atomic E-state index is 12.9. The molecule has 24 heavy (non-hydrogen) atoms. The van der Waals surface area contributed by atoms with E-state index in [-0.39, 0.29) is 23.7 Å². The number of esters is 3. The standard InChI is InChI=1S/C12H12F2O9S/c13-12(14,24(18,19)20)11(17)21-3-7(15)22-8-4-1-5-6(2-4)10(16)23-9(5)8/h4-6,8-9H,1-3H2,(H,18,19,20)/p-1. The Labute approximate surface area is 134 Å². The highest BCUT2D eigenvalue weighted by Crippen LogP contribution is 2.55. The van der Waals surface area contributed by atoms with Crippen LogP contribution in [0.5, 0.6) is 0 Å². The van der Waals surface area contributed by atoms with Crippen LogP contribution in [0.3, 0.4) is 0 Å². The van der Waals surface area contributed by atoms with E-state index < -0.39 is 46.1 Å². The lowest BCUT2D eigenvalue weighted by atomic mass is 9.88. The molecule has 2 aliphatic carbocycles. The molecule has 2 saturated carbocycles. The second-order valence-corrected chi connectivity index (χ2v) is 7.33. The third kappa shape index (κ3) is 2.53. The molecular formula is C12H11F2O9S-. The Bertz CT molecular complexity index is 703. The Morgan fingerprint density at radius 3 is 2.62 bits per heavy atom. The first-order valence-corrected chi connectivity index (χ1v) is 8.33. The SMILES string of the molecule is O=C(COC(=O)C(F)(F)S(=O)(=O)[O-])OC1C2CC3C(=O)OC1C3C2. The first-order valence-electron chi connectivity index (χ1n) is 6.93. The highest BCUT2D eigenvalue weighted by Gasteiger charge is 2.63. The third-order valence-electron chi connectivity index (χ3n) is 4.55. The summed E-state index contributed by atoms with van der Waals surface area (Å²) in [7, 11) is -6.26. The molecule has 0 aromatic rings. The van der Waals surface area contributed by atoms with Crippen LogP contribution >= 0.6 is 0 Å². The van der Waals surface area contributed by atoms with Crippen LogP contribution in [0.15, 0.2) is 0 Å². The van der Waals surface area contributed by atoms with Gasteiger partial charge in [-0.2, -0.15) is 8.78 Å². The van der Waals surface area contributed by atoms with Crippen molar-refractivity contribution in [2.24, 2.45) is 17.8 Å². The van der Waals surface area contributed by atoms with Gasteiger partial charge in [0.15, 0.2) is 16.7 Å². The first-order chi connectivity index (χ1) is 11.0. The minimum absolute atomic E-state index is 0.0576. The van der Waals surface area contributed by atoms with Crippen LogP contribution in [0, 0.1) is 17.8 Å². The predicted molar refractivity (Wildman–Crippen MR) is 65.1 cm³/mol. The van der Waals surface area contributed by atoms with Gasteiger partial charge in [-0.3, -0.25) is 4.79 Å². The fraction of sp³-hybridized carbons (Fsp3) is 0.750. The van der Waals surface area contributed by atoms with Crippen molar-refractivity contribution in [2.75, 3.05) is 6.61 Å². The van der Waals surface area contributed by atoms with Gasteiger partial charge in [-0.25, -0.2) is 18.0 Å². The van der Waals surface area contributed by atoms with Gasteiger partial charge < -0.3 is 18.8 Å². The highest BCUT2D eigenvalue weighted by atomic mass is 32.2. The summed E-state index contributed by atoms with van der Waals surface area (Å²) in [4.78, 5) is 34.1. The Morgan fingerprint density at radius 1 is 1.33 bits per heavy atom. The third-order valence-corrected chi connectivity index (χ3v) is 5.35. The summed E-state index contributed by atoms with van der Waals surface area (Å²) in [6.45, 7) is -1.29. The summed E-state index contributed by atoms with van der Waals surface area (Å²) in [5.74, 6) is -4.61. The van der Waals surface area contributed by atoms with Crippen LogP contribution in [0.2, 0.25) is 0 Å². The second-order valence-electron chi connectivity index (χ2n) is 5.90. The van der Waals surface area contributed by atoms with Gasteiger partial charge in [-0.15, -0.1) is 0 Å². The van der Waals surface area contributed by atoms with Gasteiger partial charge >= 0.3 is 23.2 Å². The molecule has 5 unspecified atom stereocenters. The van der Waals surface area contributed by atoms with Crippen molar-refractivity contribution >= 4 is 28.0 Å². The fourth-order valence-corrected chi connectivity index (χ4v) is 3.82. The zero-order chi connectivity index (χ0) is 17.9. The molecule has 1 saturated heterocycles.